The number of anilines is 1. The molecule has 10 heteroatoms. The second kappa shape index (κ2) is 9.78. The van der Waals surface area contributed by atoms with Gasteiger partial charge in [0.15, 0.2) is 5.17 Å². The minimum atomic E-state index is -0.645. The number of amides is 2. The number of carbonyl (C=O) groups excluding carboxylic acids is 2. The molecule has 0 bridgehead atoms. The summed E-state index contributed by atoms with van der Waals surface area (Å²) in [6.45, 7) is 0. The number of nitrogens with zero attached hydrogens (tertiary/aromatic N) is 2. The maximum Gasteiger partial charge on any atom is 0.238 e. The maximum absolute atomic E-state index is 12.5. The number of nitrogens with one attached hydrogen (secondary N) is 2. The van der Waals surface area contributed by atoms with Crippen molar-refractivity contribution in [1.29, 1.82) is 0 Å². The van der Waals surface area contributed by atoms with Crippen molar-refractivity contribution in [3.8, 4) is 5.75 Å². The van der Waals surface area contributed by atoms with E-state index in [4.69, 9.17) is 27.9 Å². The van der Waals surface area contributed by atoms with Crippen molar-refractivity contribution in [3.05, 3.63) is 58.1 Å². The van der Waals surface area contributed by atoms with Crippen LogP contribution in [-0.4, -0.2) is 35.6 Å². The standard InChI is InChI=1S/C19H16Cl2N4O3S/c1-28-13-5-2-11(3-6-13)10-22-25-19-24-17(26)9-16(29-19)18(27)23-12-4-7-14(20)15(21)8-12/h2-8,10,16H,9H2,1H3,(H,23,27)(H,24,25,26)/b22-10-/t16-/m0/s1. The molecule has 0 aromatic heterocycles. The Hall–Kier alpha value is -2.55. The number of hydrogen-bond donors (Lipinski definition) is 2. The molecule has 150 valence electrons. The number of hydrogen-bond acceptors (Lipinski definition) is 6. The molecule has 0 radical (unpaired) electrons. The van der Waals surface area contributed by atoms with Crippen LogP contribution in [0.25, 0.3) is 0 Å². The first-order chi connectivity index (χ1) is 13.9. The lowest BCUT2D eigenvalue weighted by Gasteiger charge is -2.21. The fourth-order valence-corrected chi connectivity index (χ4v) is 3.61. The van der Waals surface area contributed by atoms with E-state index >= 15 is 0 Å². The SMILES string of the molecule is COc1ccc(/C=N\N=C2NC(=O)C[C@@H](C(=O)Nc3ccc(Cl)c(Cl)c3)S2)cc1. The largest absolute Gasteiger partial charge is 0.497 e. The summed E-state index contributed by atoms with van der Waals surface area (Å²) in [7, 11) is 1.59. The van der Waals surface area contributed by atoms with E-state index in [1.807, 2.05) is 12.1 Å². The lowest BCUT2D eigenvalue weighted by atomic mass is 10.2. The van der Waals surface area contributed by atoms with E-state index in [0.29, 0.717) is 15.7 Å². The van der Waals surface area contributed by atoms with E-state index < -0.39 is 5.25 Å². The van der Waals surface area contributed by atoms with Gasteiger partial charge < -0.3 is 15.4 Å². The minimum absolute atomic E-state index is 0.0268. The molecule has 29 heavy (non-hydrogen) atoms. The second-order valence-corrected chi connectivity index (χ2v) is 7.91. The van der Waals surface area contributed by atoms with Gasteiger partial charge in [-0.3, -0.25) is 9.59 Å². The number of rotatable bonds is 5. The molecule has 1 fully saturated rings. The Balaban J connectivity index is 1.64. The number of carbonyl (C=O) groups is 2. The average Bonchev–Trinajstić information content (AvgIpc) is 2.71. The molecule has 1 saturated heterocycles. The van der Waals surface area contributed by atoms with Crippen LogP contribution in [0.2, 0.25) is 10.0 Å². The summed E-state index contributed by atoms with van der Waals surface area (Å²) in [5.41, 5.74) is 1.31. The third kappa shape index (κ3) is 5.96. The summed E-state index contributed by atoms with van der Waals surface area (Å²) < 4.78 is 5.10. The minimum Gasteiger partial charge on any atom is -0.497 e. The van der Waals surface area contributed by atoms with Crippen LogP contribution in [0.4, 0.5) is 5.69 Å². The molecule has 7 nitrogen and oxygen atoms in total. The summed E-state index contributed by atoms with van der Waals surface area (Å²) >= 11 is 13.0. The van der Waals surface area contributed by atoms with Crippen molar-refractivity contribution >= 4 is 63.8 Å². The van der Waals surface area contributed by atoms with Gasteiger partial charge in [-0.05, 0) is 48.0 Å². The summed E-state index contributed by atoms with van der Waals surface area (Å²) in [6.07, 6.45) is 1.57. The molecule has 3 rings (SSSR count). The fraction of sp³-hybridized carbons (Fsp3) is 0.158. The van der Waals surface area contributed by atoms with Crippen LogP contribution in [0.5, 0.6) is 5.75 Å². The van der Waals surface area contributed by atoms with Crippen molar-refractivity contribution in [1.82, 2.24) is 5.32 Å². The molecule has 2 aromatic carbocycles. The molecule has 2 amide bonds. The predicted octanol–water partition coefficient (Wildman–Crippen LogP) is 3.95. The van der Waals surface area contributed by atoms with Crippen molar-refractivity contribution in [2.75, 3.05) is 12.4 Å². The second-order valence-electron chi connectivity index (χ2n) is 5.90. The maximum atomic E-state index is 12.5. The van der Waals surface area contributed by atoms with Gasteiger partial charge in [0.1, 0.15) is 11.0 Å². The summed E-state index contributed by atoms with van der Waals surface area (Å²) in [4.78, 5) is 24.5. The van der Waals surface area contributed by atoms with E-state index in [-0.39, 0.29) is 23.4 Å². The van der Waals surface area contributed by atoms with E-state index in [9.17, 15) is 9.59 Å². The first-order valence-corrected chi connectivity index (χ1v) is 10.1. The van der Waals surface area contributed by atoms with Crippen LogP contribution in [0, 0.1) is 0 Å². The number of halogens is 2. The highest BCUT2D eigenvalue weighted by Crippen LogP contribution is 2.27. The van der Waals surface area contributed by atoms with Crippen LogP contribution >= 0.6 is 35.0 Å². The van der Waals surface area contributed by atoms with Crippen LogP contribution in [-0.2, 0) is 9.59 Å². The zero-order valence-electron chi connectivity index (χ0n) is 15.2. The Bertz CT molecular complexity index is 980. The first kappa shape index (κ1) is 21.2. The van der Waals surface area contributed by atoms with Crippen LogP contribution in [0.1, 0.15) is 12.0 Å². The third-order valence-corrected chi connectivity index (χ3v) is 5.63. The van der Waals surface area contributed by atoms with E-state index in [1.54, 1.807) is 43.7 Å². The molecular formula is C19H16Cl2N4O3S. The average molecular weight is 451 g/mol. The first-order valence-electron chi connectivity index (χ1n) is 8.42. The van der Waals surface area contributed by atoms with Crippen molar-refractivity contribution < 1.29 is 14.3 Å². The molecule has 1 aliphatic heterocycles. The molecule has 0 saturated carbocycles. The zero-order valence-corrected chi connectivity index (χ0v) is 17.5. The number of benzene rings is 2. The van der Waals surface area contributed by atoms with Gasteiger partial charge in [0, 0.05) is 12.1 Å². The fourth-order valence-electron chi connectivity index (χ4n) is 2.37. The molecule has 1 aliphatic rings. The molecule has 1 atom stereocenters. The molecule has 1 heterocycles. The van der Waals surface area contributed by atoms with Gasteiger partial charge >= 0.3 is 0 Å². The van der Waals surface area contributed by atoms with Gasteiger partial charge in [-0.15, -0.1) is 5.10 Å². The lowest BCUT2D eigenvalue weighted by molar-refractivity contribution is -0.123. The number of methoxy groups -OCH3 is 1. The van der Waals surface area contributed by atoms with Crippen molar-refractivity contribution in [3.63, 3.8) is 0 Å². The molecular weight excluding hydrogens is 435 g/mol. The molecule has 2 N–H and O–H groups in total. The van der Waals surface area contributed by atoms with E-state index in [1.165, 1.54) is 0 Å². The Morgan fingerprint density at radius 1 is 1.24 bits per heavy atom. The molecule has 0 unspecified atom stereocenters. The quantitative estimate of drug-likeness (QED) is 0.532. The zero-order chi connectivity index (χ0) is 20.8. The van der Waals surface area contributed by atoms with Crippen LogP contribution < -0.4 is 15.4 Å². The van der Waals surface area contributed by atoms with Crippen molar-refractivity contribution in [2.45, 2.75) is 11.7 Å². The van der Waals surface area contributed by atoms with Gasteiger partial charge in [0.05, 0.1) is 23.4 Å². The normalized spacial score (nSPS) is 18.0. The topological polar surface area (TPSA) is 92.2 Å². The van der Waals surface area contributed by atoms with E-state index in [2.05, 4.69) is 20.8 Å². The lowest BCUT2D eigenvalue weighted by Crippen LogP contribution is -2.41. The van der Waals surface area contributed by atoms with Gasteiger partial charge in [0.25, 0.3) is 0 Å². The Morgan fingerprint density at radius 3 is 2.69 bits per heavy atom. The van der Waals surface area contributed by atoms with Gasteiger partial charge in [-0.1, -0.05) is 35.0 Å². The van der Waals surface area contributed by atoms with E-state index in [0.717, 1.165) is 23.1 Å². The number of amidine groups is 1. The summed E-state index contributed by atoms with van der Waals surface area (Å²) in [5, 5.41) is 13.6. The highest BCUT2D eigenvalue weighted by atomic mass is 35.5. The van der Waals surface area contributed by atoms with Gasteiger partial charge in [-0.2, -0.15) is 5.10 Å². The van der Waals surface area contributed by atoms with Crippen LogP contribution in [0.15, 0.2) is 52.7 Å². The highest BCUT2D eigenvalue weighted by Gasteiger charge is 2.30. The monoisotopic (exact) mass is 450 g/mol. The van der Waals surface area contributed by atoms with Crippen molar-refractivity contribution in [2.24, 2.45) is 10.2 Å². The number of thioether (sulfide) groups is 1. The Kier molecular flexibility index (Phi) is 7.13. The summed E-state index contributed by atoms with van der Waals surface area (Å²) in [6, 6.07) is 12.0. The molecule has 2 aromatic rings. The third-order valence-electron chi connectivity index (χ3n) is 3.82. The smallest absolute Gasteiger partial charge is 0.238 e. The van der Waals surface area contributed by atoms with Gasteiger partial charge in [-0.25, -0.2) is 0 Å². The van der Waals surface area contributed by atoms with Crippen LogP contribution in [0.3, 0.4) is 0 Å². The predicted molar refractivity (Wildman–Crippen MR) is 117 cm³/mol. The molecule has 0 spiro atoms. The Morgan fingerprint density at radius 2 is 2.00 bits per heavy atom. The number of ether oxygens (including phenoxy) is 1. The Labute approximate surface area is 181 Å². The summed E-state index contributed by atoms with van der Waals surface area (Å²) in [5.74, 6) is 0.0888. The van der Waals surface area contributed by atoms with Gasteiger partial charge in [0.2, 0.25) is 11.8 Å². The molecule has 0 aliphatic carbocycles. The highest BCUT2D eigenvalue weighted by molar-refractivity contribution is 8.15.